The quantitative estimate of drug-likeness (QED) is 0.379. The van der Waals surface area contributed by atoms with Crippen molar-refractivity contribution in [3.63, 3.8) is 0 Å². The second-order valence-electron chi connectivity index (χ2n) is 5.76. The fraction of sp³-hybridized carbons (Fsp3) is 0.500. The van der Waals surface area contributed by atoms with Gasteiger partial charge in [-0.3, -0.25) is 9.97 Å². The minimum atomic E-state index is -1.17. The Morgan fingerprint density at radius 3 is 1.41 bits per heavy atom. The molecule has 0 radical (unpaired) electrons. The second-order valence-corrected chi connectivity index (χ2v) is 5.76. The summed E-state index contributed by atoms with van der Waals surface area (Å²) in [5.41, 5.74) is 1.82. The molecule has 0 amide bonds. The van der Waals surface area contributed by atoms with Gasteiger partial charge in [-0.2, -0.15) is 0 Å². The zero-order valence-electron chi connectivity index (χ0n) is 17.0. The number of hydrogen-bond acceptors (Lipinski definition) is 5. The van der Waals surface area contributed by atoms with Gasteiger partial charge in [0.2, 0.25) is 0 Å². The van der Waals surface area contributed by atoms with Crippen molar-refractivity contribution in [1.29, 1.82) is 0 Å². The summed E-state index contributed by atoms with van der Waals surface area (Å²) in [5.74, 6) is 0. The maximum atomic E-state index is 9.78. The van der Waals surface area contributed by atoms with Gasteiger partial charge in [0, 0.05) is 29.9 Å². The van der Waals surface area contributed by atoms with Crippen LogP contribution in [0.5, 0.6) is 0 Å². The van der Waals surface area contributed by atoms with E-state index in [0.29, 0.717) is 26.2 Å². The minimum absolute atomic E-state index is 0. The Kier molecular flexibility index (Phi) is 26.5. The number of rotatable bonds is 8. The van der Waals surface area contributed by atoms with Crippen LogP contribution in [-0.4, -0.2) is 50.8 Å². The smallest absolute Gasteiger partial charge is 0.655 e. The van der Waals surface area contributed by atoms with Gasteiger partial charge in [-0.05, 0) is 31.2 Å². The third kappa shape index (κ3) is 23.3. The normalized spacial score (nSPS) is 9.38. The number of aliphatic hydroxyl groups excluding tert-OH is 2. The molecule has 0 aliphatic carbocycles. The summed E-state index contributed by atoms with van der Waals surface area (Å²) >= 11 is 0. The zero-order chi connectivity index (χ0) is 20.3. The number of aliphatic hydroxyl groups is 3. The average Bonchev–Trinajstić information content (AvgIpc) is 2.64. The molecule has 2 heterocycles. The van der Waals surface area contributed by atoms with Gasteiger partial charge in [0.15, 0.2) is 0 Å². The monoisotopic (exact) mass is 502 g/mol. The van der Waals surface area contributed by atoms with Crippen molar-refractivity contribution in [3.8, 4) is 0 Å². The summed E-state index contributed by atoms with van der Waals surface area (Å²) in [6.07, 6.45) is 3.02. The first-order valence-corrected chi connectivity index (χ1v) is 9.10. The molecule has 0 fully saturated rings. The molecule has 29 heavy (non-hydrogen) atoms. The third-order valence-corrected chi connectivity index (χ3v) is 2.68. The van der Waals surface area contributed by atoms with E-state index in [0.717, 1.165) is 11.4 Å². The van der Waals surface area contributed by atoms with E-state index in [2.05, 4.69) is 34.4 Å². The molecule has 0 bridgehead atoms. The molecule has 0 unspecified atom stereocenters. The summed E-state index contributed by atoms with van der Waals surface area (Å²) in [6.45, 7) is 7.33. The van der Waals surface area contributed by atoms with Gasteiger partial charge in [0.05, 0.1) is 0 Å². The molecular weight excluding hydrogens is 471 g/mol. The van der Waals surface area contributed by atoms with E-state index in [1.54, 1.807) is 12.4 Å². The van der Waals surface area contributed by atoms with Crippen molar-refractivity contribution < 1.29 is 49.5 Å². The summed E-state index contributed by atoms with van der Waals surface area (Å²) in [4.78, 5) is 8.34. The molecule has 3 N–H and O–H groups in total. The molecule has 0 spiro atoms. The Morgan fingerprint density at radius 1 is 0.793 bits per heavy atom. The summed E-state index contributed by atoms with van der Waals surface area (Å²) < 4.78 is 0. The van der Waals surface area contributed by atoms with Crippen molar-refractivity contribution >= 4 is 0 Å². The Hall–Kier alpha value is -0.861. The molecule has 0 saturated heterocycles. The van der Waals surface area contributed by atoms with E-state index >= 15 is 0 Å². The minimum Gasteiger partial charge on any atom is -0.655 e. The maximum absolute atomic E-state index is 9.78. The van der Waals surface area contributed by atoms with Gasteiger partial charge in [0.25, 0.3) is 0 Å². The fourth-order valence-electron chi connectivity index (χ4n) is 1.70. The summed E-state index contributed by atoms with van der Waals surface area (Å²) in [7, 11) is 0. The molecule has 0 aromatic carbocycles. The third-order valence-electron chi connectivity index (χ3n) is 2.68. The van der Waals surface area contributed by atoms with Crippen molar-refractivity contribution in [2.75, 3.05) is 13.1 Å². The number of pyridine rings is 2. The molecule has 2 aromatic heterocycles. The fourth-order valence-corrected chi connectivity index (χ4v) is 1.70. The van der Waals surface area contributed by atoms with Crippen molar-refractivity contribution in [2.24, 2.45) is 0 Å². The molecule has 7 nitrogen and oxygen atoms in total. The molecule has 0 aliphatic heterocycles. The topological polar surface area (TPSA) is 115 Å². The van der Waals surface area contributed by atoms with Crippen molar-refractivity contribution in [3.05, 3.63) is 70.8 Å². The van der Waals surface area contributed by atoms with Crippen LogP contribution in [0.25, 0.3) is 10.6 Å². The van der Waals surface area contributed by atoms with Crippen LogP contribution < -0.4 is 0 Å². The molecule has 2 aromatic rings. The number of aromatic nitrogens is 2. The number of nitrogens with zero attached hydrogens (tertiary/aromatic N) is 4. The SMILES string of the molecule is CC(O)O.CCC.OC(C[N-]Cc1ccccn1)C[N-]Cc1ccccn1.[Cu+].[Cu+]. The average molecular weight is 504 g/mol. The number of hydrogen-bond donors (Lipinski definition) is 3. The van der Waals surface area contributed by atoms with Crippen LogP contribution >= 0.6 is 0 Å². The van der Waals surface area contributed by atoms with Gasteiger partial charge in [-0.15, -0.1) is 26.2 Å². The van der Waals surface area contributed by atoms with Crippen molar-refractivity contribution in [2.45, 2.75) is 52.7 Å². The van der Waals surface area contributed by atoms with Crippen LogP contribution in [0, 0.1) is 0 Å². The second kappa shape index (κ2) is 23.4. The first-order valence-electron chi connectivity index (χ1n) is 9.10. The first-order chi connectivity index (χ1) is 13.0. The van der Waals surface area contributed by atoms with Crippen LogP contribution in [0.15, 0.2) is 48.8 Å². The Labute approximate surface area is 195 Å². The van der Waals surface area contributed by atoms with Crippen LogP contribution in [-0.2, 0) is 47.2 Å². The van der Waals surface area contributed by atoms with Gasteiger partial charge in [-0.1, -0.05) is 32.4 Å². The van der Waals surface area contributed by atoms with Gasteiger partial charge >= 0.3 is 34.1 Å². The summed E-state index contributed by atoms with van der Waals surface area (Å²) in [5, 5.41) is 33.6. The Balaban J connectivity index is -0.000000658. The van der Waals surface area contributed by atoms with E-state index < -0.39 is 12.4 Å². The summed E-state index contributed by atoms with van der Waals surface area (Å²) in [6, 6.07) is 11.4. The van der Waals surface area contributed by atoms with E-state index in [1.807, 2.05) is 36.4 Å². The van der Waals surface area contributed by atoms with Crippen LogP contribution in [0.2, 0.25) is 0 Å². The predicted octanol–water partition coefficient (Wildman–Crippen LogP) is 3.01. The van der Waals surface area contributed by atoms with Crippen LogP contribution in [0.1, 0.15) is 38.6 Å². The molecule has 2 rings (SSSR count). The van der Waals surface area contributed by atoms with Crippen molar-refractivity contribution in [1.82, 2.24) is 9.97 Å². The Bertz CT molecular complexity index is 504. The van der Waals surface area contributed by atoms with E-state index in [1.165, 1.54) is 13.3 Å². The molecule has 0 atom stereocenters. The maximum Gasteiger partial charge on any atom is 1.00 e. The predicted molar refractivity (Wildman–Crippen MR) is 108 cm³/mol. The largest absolute Gasteiger partial charge is 1.00 e. The van der Waals surface area contributed by atoms with E-state index in [4.69, 9.17) is 10.2 Å². The Morgan fingerprint density at radius 2 is 1.14 bits per heavy atom. The molecular formula is C20H32Cu2N4O3. The molecule has 172 valence electrons. The molecule has 9 heteroatoms. The first kappa shape index (κ1) is 32.8. The molecule has 0 saturated carbocycles. The van der Waals surface area contributed by atoms with Gasteiger partial charge in [-0.25, -0.2) is 0 Å². The zero-order valence-corrected chi connectivity index (χ0v) is 18.9. The van der Waals surface area contributed by atoms with Crippen LogP contribution in [0.3, 0.4) is 0 Å². The molecule has 0 aliphatic rings. The standard InChI is InChI=1S/C15H18N4O.C3H8.C2H6O2.2Cu/c20-15(11-16-9-13-5-1-3-7-18-13)12-17-10-14-6-2-4-8-19-14;1-3-2;1-2(3)4;;/h1-8,15,20H,9-12H2;3H2,1-2H3;2-4H,1H3;;/q-2;;;2*+1. The van der Waals surface area contributed by atoms with Gasteiger partial charge in [0.1, 0.15) is 6.29 Å². The van der Waals surface area contributed by atoms with Gasteiger partial charge < -0.3 is 26.0 Å². The van der Waals surface area contributed by atoms with E-state index in [9.17, 15) is 5.11 Å². The van der Waals surface area contributed by atoms with Crippen LogP contribution in [0.4, 0.5) is 0 Å². The van der Waals surface area contributed by atoms with E-state index in [-0.39, 0.29) is 34.1 Å².